The average Bonchev–Trinajstić information content (AvgIpc) is 2.69. The highest BCUT2D eigenvalue weighted by atomic mass is 16.5. The molecule has 12 nitrogen and oxygen atoms in total. The van der Waals surface area contributed by atoms with Gasteiger partial charge in [0, 0.05) is 33.7 Å². The first-order valence-corrected chi connectivity index (χ1v) is 8.95. The van der Waals surface area contributed by atoms with Gasteiger partial charge in [0.2, 0.25) is 5.82 Å². The summed E-state index contributed by atoms with van der Waals surface area (Å²) in [6.07, 6.45) is 2.02. The summed E-state index contributed by atoms with van der Waals surface area (Å²) in [5, 5.41) is 33.8. The SMILES string of the molecule is COCCc1c(N2CC=CCC2)nc(N(CCOC)C(=O)O)[n+]([O-])c1NC(=O)O. The highest BCUT2D eigenvalue weighted by molar-refractivity contribution is 5.85. The molecule has 2 heterocycles. The summed E-state index contributed by atoms with van der Waals surface area (Å²) >= 11 is 0. The maximum atomic E-state index is 12.9. The lowest BCUT2D eigenvalue weighted by atomic mass is 10.1. The Morgan fingerprint density at radius 2 is 2.03 bits per heavy atom. The van der Waals surface area contributed by atoms with Gasteiger partial charge in [-0.25, -0.2) is 19.6 Å². The lowest BCUT2D eigenvalue weighted by Gasteiger charge is -2.29. The van der Waals surface area contributed by atoms with E-state index in [2.05, 4.69) is 10.3 Å². The number of methoxy groups -OCH3 is 2. The quantitative estimate of drug-likeness (QED) is 0.306. The van der Waals surface area contributed by atoms with Crippen molar-refractivity contribution in [2.45, 2.75) is 12.8 Å². The fourth-order valence-corrected chi connectivity index (χ4v) is 2.93. The van der Waals surface area contributed by atoms with Gasteiger partial charge in [0.1, 0.15) is 0 Å². The van der Waals surface area contributed by atoms with Crippen molar-refractivity contribution in [1.29, 1.82) is 0 Å². The number of rotatable bonds is 9. The number of ether oxygens (including phenoxy) is 2. The third-order valence-corrected chi connectivity index (χ3v) is 4.28. The molecule has 0 aromatic carbocycles. The van der Waals surface area contributed by atoms with Crippen molar-refractivity contribution in [2.24, 2.45) is 0 Å². The predicted octanol–water partition coefficient (Wildman–Crippen LogP) is 0.891. The molecule has 0 spiro atoms. The number of carbonyl (C=O) groups is 2. The number of amides is 2. The molecule has 0 saturated carbocycles. The van der Waals surface area contributed by atoms with Crippen LogP contribution < -0.4 is 19.8 Å². The molecule has 0 radical (unpaired) electrons. The molecular weight excluding hydrogens is 386 g/mol. The molecule has 1 aromatic rings. The minimum atomic E-state index is -1.45. The molecule has 29 heavy (non-hydrogen) atoms. The van der Waals surface area contributed by atoms with E-state index >= 15 is 0 Å². The van der Waals surface area contributed by atoms with Gasteiger partial charge in [0.05, 0.1) is 25.3 Å². The van der Waals surface area contributed by atoms with Gasteiger partial charge in [-0.2, -0.15) is 4.90 Å². The number of hydrogen-bond donors (Lipinski definition) is 3. The number of aromatic nitrogens is 2. The van der Waals surface area contributed by atoms with Crippen molar-refractivity contribution in [2.75, 3.05) is 62.2 Å². The average molecular weight is 411 g/mol. The molecule has 0 bridgehead atoms. The van der Waals surface area contributed by atoms with E-state index in [4.69, 9.17) is 9.47 Å². The summed E-state index contributed by atoms with van der Waals surface area (Å²) in [6.45, 7) is 1.18. The third-order valence-electron chi connectivity index (χ3n) is 4.28. The summed E-state index contributed by atoms with van der Waals surface area (Å²) in [7, 11) is 2.88. The zero-order valence-electron chi connectivity index (χ0n) is 16.3. The maximum absolute atomic E-state index is 12.9. The standard InChI is InChI=1S/C17H25N5O7/c1-28-10-6-12-13(20-7-4-3-5-8-20)18-15(21(17(25)26)9-11-29-2)22(27)14(12)19-16(23)24/h3-4,19H,5-11H2,1-2H3,(H,23,24)(H,25,26). The molecule has 0 aliphatic carbocycles. The van der Waals surface area contributed by atoms with Crippen LogP contribution in [-0.2, 0) is 15.9 Å². The molecule has 0 fully saturated rings. The molecule has 0 saturated heterocycles. The fourth-order valence-electron chi connectivity index (χ4n) is 2.93. The largest absolute Gasteiger partial charge is 0.754 e. The van der Waals surface area contributed by atoms with E-state index < -0.39 is 18.1 Å². The minimum absolute atomic E-state index is 0.0306. The second-order valence-corrected chi connectivity index (χ2v) is 6.16. The zero-order chi connectivity index (χ0) is 21.4. The minimum Gasteiger partial charge on any atom is -0.754 e. The third kappa shape index (κ3) is 5.45. The van der Waals surface area contributed by atoms with Crippen LogP contribution in [0.15, 0.2) is 12.2 Å². The topological polar surface area (TPSA) is 151 Å². The molecule has 0 atom stereocenters. The summed E-state index contributed by atoms with van der Waals surface area (Å²) in [4.78, 5) is 30.0. The Kier molecular flexibility index (Phi) is 7.98. The molecule has 1 aliphatic rings. The predicted molar refractivity (Wildman–Crippen MR) is 104 cm³/mol. The van der Waals surface area contributed by atoms with Crippen LogP contribution in [-0.4, -0.2) is 74.5 Å². The molecule has 1 aliphatic heterocycles. The lowest BCUT2D eigenvalue weighted by Crippen LogP contribution is -2.47. The van der Waals surface area contributed by atoms with Crippen molar-refractivity contribution < 1.29 is 34.0 Å². The van der Waals surface area contributed by atoms with Gasteiger partial charge in [-0.15, -0.1) is 0 Å². The van der Waals surface area contributed by atoms with Crippen molar-refractivity contribution in [3.63, 3.8) is 0 Å². The van der Waals surface area contributed by atoms with Crippen LogP contribution >= 0.6 is 0 Å². The molecule has 3 N–H and O–H groups in total. The van der Waals surface area contributed by atoms with Gasteiger partial charge >= 0.3 is 18.1 Å². The van der Waals surface area contributed by atoms with Crippen LogP contribution in [0.2, 0.25) is 0 Å². The van der Waals surface area contributed by atoms with E-state index in [0.717, 1.165) is 11.3 Å². The molecule has 0 unspecified atom stereocenters. The van der Waals surface area contributed by atoms with E-state index in [1.807, 2.05) is 17.1 Å². The van der Waals surface area contributed by atoms with Crippen molar-refractivity contribution >= 4 is 29.8 Å². The molecule has 12 heteroatoms. The Balaban J connectivity index is 2.67. The van der Waals surface area contributed by atoms with Gasteiger partial charge in [-0.05, 0) is 6.42 Å². The first-order valence-electron chi connectivity index (χ1n) is 8.95. The Morgan fingerprint density at radius 1 is 1.31 bits per heavy atom. The van der Waals surface area contributed by atoms with E-state index in [-0.39, 0.29) is 36.7 Å². The summed E-state index contributed by atoms with van der Waals surface area (Å²) in [5.74, 6) is -0.419. The fraction of sp³-hybridized carbons (Fsp3) is 0.529. The van der Waals surface area contributed by atoms with E-state index in [1.165, 1.54) is 14.2 Å². The van der Waals surface area contributed by atoms with Gasteiger partial charge in [0.25, 0.3) is 0 Å². The monoisotopic (exact) mass is 411 g/mol. The van der Waals surface area contributed by atoms with Gasteiger partial charge in [0.15, 0.2) is 5.82 Å². The molecule has 2 amide bonds. The normalized spacial score (nSPS) is 13.4. The summed E-state index contributed by atoms with van der Waals surface area (Å²) < 4.78 is 10.2. The van der Waals surface area contributed by atoms with Gasteiger partial charge < -0.3 is 29.8 Å². The van der Waals surface area contributed by atoms with Crippen LogP contribution in [0.25, 0.3) is 0 Å². The van der Waals surface area contributed by atoms with Crippen LogP contribution in [0.5, 0.6) is 0 Å². The summed E-state index contributed by atoms with van der Waals surface area (Å²) in [6, 6.07) is 0. The Morgan fingerprint density at radius 3 is 2.59 bits per heavy atom. The van der Waals surface area contributed by atoms with Crippen LogP contribution in [0.1, 0.15) is 12.0 Å². The number of carboxylic acid groups (broad SMARTS) is 2. The van der Waals surface area contributed by atoms with E-state index in [0.29, 0.717) is 24.5 Å². The highest BCUT2D eigenvalue weighted by Gasteiger charge is 2.32. The first-order chi connectivity index (χ1) is 13.9. The Bertz CT molecular complexity index is 771. The second kappa shape index (κ2) is 10.4. The number of nitrogens with one attached hydrogen (secondary N) is 1. The van der Waals surface area contributed by atoms with Gasteiger partial charge in [-0.3, -0.25) is 0 Å². The molecule has 1 aromatic heterocycles. The molecular formula is C17H25N5O7. The van der Waals surface area contributed by atoms with Crippen LogP contribution in [0.4, 0.5) is 27.2 Å². The number of nitrogens with zero attached hydrogens (tertiary/aromatic N) is 4. The zero-order valence-corrected chi connectivity index (χ0v) is 16.3. The maximum Gasteiger partial charge on any atom is 0.460 e. The van der Waals surface area contributed by atoms with Crippen molar-refractivity contribution in [3.05, 3.63) is 22.9 Å². The number of hydrogen-bond acceptors (Lipinski definition) is 7. The van der Waals surface area contributed by atoms with Crippen molar-refractivity contribution in [1.82, 2.24) is 4.98 Å². The molecule has 2 rings (SSSR count). The number of anilines is 3. The van der Waals surface area contributed by atoms with Gasteiger partial charge in [-0.1, -0.05) is 17.1 Å². The Labute approximate surface area is 167 Å². The lowest BCUT2D eigenvalue weighted by molar-refractivity contribution is -0.579. The van der Waals surface area contributed by atoms with E-state index in [9.17, 15) is 25.0 Å². The highest BCUT2D eigenvalue weighted by Crippen LogP contribution is 2.28. The van der Waals surface area contributed by atoms with Crippen LogP contribution in [0, 0.1) is 5.21 Å². The second-order valence-electron chi connectivity index (χ2n) is 6.16. The smallest absolute Gasteiger partial charge is 0.460 e. The molecule has 160 valence electrons. The van der Waals surface area contributed by atoms with Crippen LogP contribution in [0.3, 0.4) is 0 Å². The van der Waals surface area contributed by atoms with E-state index in [1.54, 1.807) is 0 Å². The summed E-state index contributed by atoms with van der Waals surface area (Å²) in [5.41, 5.74) is 0.334. The van der Waals surface area contributed by atoms with Crippen molar-refractivity contribution in [3.8, 4) is 0 Å². The Hall–Kier alpha value is -3.12. The first kappa shape index (κ1) is 22.2.